The molecule has 0 saturated carbocycles. The number of aromatic nitrogens is 1. The van der Waals surface area contributed by atoms with Crippen LogP contribution < -0.4 is 0 Å². The first kappa shape index (κ1) is 16.5. The van der Waals surface area contributed by atoms with E-state index < -0.39 is 35.1 Å². The zero-order valence-corrected chi connectivity index (χ0v) is 12.8. The third-order valence-corrected chi connectivity index (χ3v) is 5.40. The molecule has 1 aromatic heterocycles. The molecule has 0 spiro atoms. The van der Waals surface area contributed by atoms with E-state index in [1.54, 1.807) is 6.92 Å². The van der Waals surface area contributed by atoms with Crippen molar-refractivity contribution in [3.63, 3.8) is 0 Å². The minimum absolute atomic E-state index is 0.0530. The minimum Gasteiger partial charge on any atom is -0.468 e. The lowest BCUT2D eigenvalue weighted by molar-refractivity contribution is -0.143. The maximum Gasteiger partial charge on any atom is 0.321 e. The number of carbonyl (C=O) groups is 2. The molecule has 0 bridgehead atoms. The summed E-state index contributed by atoms with van der Waals surface area (Å²) in [5, 5.41) is 0.555. The van der Waals surface area contributed by atoms with Crippen molar-refractivity contribution in [1.82, 2.24) is 9.29 Å². The highest BCUT2D eigenvalue weighted by Gasteiger charge is 2.30. The summed E-state index contributed by atoms with van der Waals surface area (Å²) in [4.78, 5) is 26.4. The standard InChI is InChI=1S/C10H14N2O6S2/c1-7-11-4-10(19-7)20(15,16)12(5-8(13)17-2)6-9(14)18-3/h4H,5-6H2,1-3H3. The fraction of sp³-hybridized carbons (Fsp3) is 0.500. The normalized spacial score (nSPS) is 11.4. The highest BCUT2D eigenvalue weighted by molar-refractivity contribution is 7.91. The number of hydrogen-bond donors (Lipinski definition) is 0. The van der Waals surface area contributed by atoms with Gasteiger partial charge in [0.05, 0.1) is 25.4 Å². The first-order valence-corrected chi connectivity index (χ1v) is 7.63. The molecule has 0 N–H and O–H groups in total. The van der Waals surface area contributed by atoms with Crippen molar-refractivity contribution in [3.05, 3.63) is 11.2 Å². The van der Waals surface area contributed by atoms with E-state index in [4.69, 9.17) is 0 Å². The minimum atomic E-state index is -4.00. The zero-order valence-electron chi connectivity index (χ0n) is 11.2. The Hall–Kier alpha value is -1.52. The maximum absolute atomic E-state index is 12.3. The van der Waals surface area contributed by atoms with Gasteiger partial charge in [0.25, 0.3) is 10.0 Å². The van der Waals surface area contributed by atoms with Crippen LogP contribution in [0, 0.1) is 6.92 Å². The molecule has 1 heterocycles. The molecule has 0 fully saturated rings. The number of hydrogen-bond acceptors (Lipinski definition) is 8. The van der Waals surface area contributed by atoms with Crippen LogP contribution in [-0.4, -0.2) is 57.0 Å². The lowest BCUT2D eigenvalue weighted by Gasteiger charge is -2.18. The molecule has 0 aliphatic rings. The molecule has 10 heteroatoms. The van der Waals surface area contributed by atoms with Crippen LogP contribution >= 0.6 is 11.3 Å². The first-order valence-electron chi connectivity index (χ1n) is 5.37. The number of aryl methyl sites for hydroxylation is 1. The average Bonchev–Trinajstić information content (AvgIpc) is 2.84. The van der Waals surface area contributed by atoms with Gasteiger partial charge in [0, 0.05) is 0 Å². The molecule has 0 saturated heterocycles. The van der Waals surface area contributed by atoms with E-state index in [9.17, 15) is 18.0 Å². The van der Waals surface area contributed by atoms with E-state index in [0.717, 1.165) is 25.6 Å². The third-order valence-electron chi connectivity index (χ3n) is 2.26. The lowest BCUT2D eigenvalue weighted by Crippen LogP contribution is -2.39. The van der Waals surface area contributed by atoms with Gasteiger partial charge in [0.1, 0.15) is 13.1 Å². The Kier molecular flexibility index (Phi) is 5.60. The van der Waals surface area contributed by atoms with Crippen molar-refractivity contribution in [2.45, 2.75) is 11.1 Å². The fourth-order valence-corrected chi connectivity index (χ4v) is 3.82. The molecule has 0 radical (unpaired) electrons. The van der Waals surface area contributed by atoms with E-state index >= 15 is 0 Å². The zero-order chi connectivity index (χ0) is 15.3. The second kappa shape index (κ2) is 6.77. The third kappa shape index (κ3) is 3.99. The van der Waals surface area contributed by atoms with Gasteiger partial charge in [0.2, 0.25) is 0 Å². The lowest BCUT2D eigenvalue weighted by atomic mass is 10.6. The number of rotatable bonds is 6. The SMILES string of the molecule is COC(=O)CN(CC(=O)OC)S(=O)(=O)c1cnc(C)s1. The highest BCUT2D eigenvalue weighted by Crippen LogP contribution is 2.22. The van der Waals surface area contributed by atoms with Crippen LogP contribution in [-0.2, 0) is 29.1 Å². The topological polar surface area (TPSA) is 103 Å². The summed E-state index contributed by atoms with van der Waals surface area (Å²) >= 11 is 0.947. The van der Waals surface area contributed by atoms with Gasteiger partial charge in [-0.2, -0.15) is 4.31 Å². The number of methoxy groups -OCH3 is 2. The van der Waals surface area contributed by atoms with E-state index in [-0.39, 0.29) is 4.21 Å². The Balaban J connectivity index is 3.07. The molecule has 8 nitrogen and oxygen atoms in total. The molecule has 112 valence electrons. The number of nitrogens with zero attached hydrogens (tertiary/aromatic N) is 2. The van der Waals surface area contributed by atoms with Crippen molar-refractivity contribution >= 4 is 33.3 Å². The van der Waals surface area contributed by atoms with Crippen LogP contribution in [0.2, 0.25) is 0 Å². The molecule has 0 aliphatic heterocycles. The van der Waals surface area contributed by atoms with Crippen molar-refractivity contribution in [3.8, 4) is 0 Å². The Labute approximate surface area is 120 Å². The predicted octanol–water partition coefficient (Wildman–Crippen LogP) is -0.212. The quantitative estimate of drug-likeness (QED) is 0.667. The molecule has 0 aliphatic carbocycles. The molecular formula is C10H14N2O6S2. The maximum atomic E-state index is 12.3. The largest absolute Gasteiger partial charge is 0.468 e. The molecular weight excluding hydrogens is 308 g/mol. The summed E-state index contributed by atoms with van der Waals surface area (Å²) in [6, 6.07) is 0. The Morgan fingerprint density at radius 3 is 2.10 bits per heavy atom. The molecule has 0 unspecified atom stereocenters. The van der Waals surface area contributed by atoms with Crippen LogP contribution in [0.5, 0.6) is 0 Å². The first-order chi connectivity index (χ1) is 9.31. The van der Waals surface area contributed by atoms with Crippen LogP contribution in [0.25, 0.3) is 0 Å². The molecule has 0 atom stereocenters. The smallest absolute Gasteiger partial charge is 0.321 e. The van der Waals surface area contributed by atoms with Gasteiger partial charge in [-0.3, -0.25) is 9.59 Å². The van der Waals surface area contributed by atoms with Gasteiger partial charge in [-0.1, -0.05) is 0 Å². The van der Waals surface area contributed by atoms with E-state index in [0.29, 0.717) is 9.31 Å². The molecule has 20 heavy (non-hydrogen) atoms. The monoisotopic (exact) mass is 322 g/mol. The van der Waals surface area contributed by atoms with E-state index in [1.165, 1.54) is 6.20 Å². The number of ether oxygens (including phenoxy) is 2. The molecule has 1 aromatic rings. The van der Waals surface area contributed by atoms with E-state index in [1.807, 2.05) is 0 Å². The number of sulfonamides is 1. The number of thiazole rings is 1. The number of carbonyl (C=O) groups excluding carboxylic acids is 2. The van der Waals surface area contributed by atoms with Gasteiger partial charge in [-0.05, 0) is 6.92 Å². The summed E-state index contributed by atoms with van der Waals surface area (Å²) in [5.41, 5.74) is 0. The molecule has 1 rings (SSSR count). The summed E-state index contributed by atoms with van der Waals surface area (Å²) in [7, 11) is -1.75. The Morgan fingerprint density at radius 1 is 1.25 bits per heavy atom. The molecule has 0 aromatic carbocycles. The summed E-state index contributed by atoms with van der Waals surface area (Å²) in [5.74, 6) is -1.56. The van der Waals surface area contributed by atoms with E-state index in [2.05, 4.69) is 14.5 Å². The van der Waals surface area contributed by atoms with Gasteiger partial charge in [0.15, 0.2) is 4.21 Å². The predicted molar refractivity (Wildman–Crippen MR) is 69.6 cm³/mol. The summed E-state index contributed by atoms with van der Waals surface area (Å²) in [6.45, 7) is 0.490. The second-order valence-electron chi connectivity index (χ2n) is 3.62. The second-order valence-corrected chi connectivity index (χ2v) is 7.02. The van der Waals surface area contributed by atoms with Crippen molar-refractivity contribution in [2.75, 3.05) is 27.3 Å². The van der Waals surface area contributed by atoms with Crippen LogP contribution in [0.4, 0.5) is 0 Å². The summed E-state index contributed by atoms with van der Waals surface area (Å²) < 4.78 is 34.1. The Bertz CT molecular complexity index is 577. The van der Waals surface area contributed by atoms with Gasteiger partial charge < -0.3 is 9.47 Å². The summed E-state index contributed by atoms with van der Waals surface area (Å²) in [6.07, 6.45) is 1.18. The fourth-order valence-electron chi connectivity index (χ4n) is 1.23. The van der Waals surface area contributed by atoms with Gasteiger partial charge in [-0.15, -0.1) is 11.3 Å². The van der Waals surface area contributed by atoms with Gasteiger partial charge >= 0.3 is 11.9 Å². The number of esters is 2. The van der Waals surface area contributed by atoms with Gasteiger partial charge in [-0.25, -0.2) is 13.4 Å². The van der Waals surface area contributed by atoms with Crippen molar-refractivity contribution < 1.29 is 27.5 Å². The van der Waals surface area contributed by atoms with Crippen LogP contribution in [0.3, 0.4) is 0 Å². The highest BCUT2D eigenvalue weighted by atomic mass is 32.2. The molecule has 0 amide bonds. The van der Waals surface area contributed by atoms with Crippen LogP contribution in [0.1, 0.15) is 5.01 Å². The van der Waals surface area contributed by atoms with Crippen LogP contribution in [0.15, 0.2) is 10.4 Å². The van der Waals surface area contributed by atoms with Crippen molar-refractivity contribution in [2.24, 2.45) is 0 Å². The van der Waals surface area contributed by atoms with Crippen molar-refractivity contribution in [1.29, 1.82) is 0 Å². The Morgan fingerprint density at radius 2 is 1.75 bits per heavy atom. The average molecular weight is 322 g/mol.